The average molecular weight is 395 g/mol. The predicted octanol–water partition coefficient (Wildman–Crippen LogP) is 5.01. The number of hydrazone groups is 1. The van der Waals surface area contributed by atoms with Crippen LogP contribution in [0.25, 0.3) is 11.3 Å². The molecule has 0 aliphatic heterocycles. The quantitative estimate of drug-likeness (QED) is 0.329. The molecule has 1 heterocycles. The molecule has 3 aromatic rings. The van der Waals surface area contributed by atoms with Gasteiger partial charge in [0, 0.05) is 41.9 Å². The van der Waals surface area contributed by atoms with Crippen molar-refractivity contribution in [2.45, 2.75) is 13.8 Å². The Morgan fingerprint density at radius 2 is 1.96 bits per heavy atom. The maximum absolute atomic E-state index is 10.9. The molecule has 0 aliphatic carbocycles. The zero-order chi connectivity index (χ0) is 19.9. The van der Waals surface area contributed by atoms with E-state index in [0.717, 1.165) is 18.7 Å². The predicted molar refractivity (Wildman–Crippen MR) is 115 cm³/mol. The fourth-order valence-corrected chi connectivity index (χ4v) is 3.43. The van der Waals surface area contributed by atoms with Crippen LogP contribution in [0.15, 0.2) is 59.0 Å². The molecule has 2 aromatic carbocycles. The molecule has 0 radical (unpaired) electrons. The van der Waals surface area contributed by atoms with Crippen molar-refractivity contribution in [2.75, 3.05) is 23.4 Å². The summed E-state index contributed by atoms with van der Waals surface area (Å²) in [6.45, 7) is 6.22. The molecular weight excluding hydrogens is 374 g/mol. The van der Waals surface area contributed by atoms with Gasteiger partial charge in [-0.25, -0.2) is 4.98 Å². The van der Waals surface area contributed by atoms with Gasteiger partial charge in [-0.05, 0) is 31.5 Å². The Morgan fingerprint density at radius 1 is 1.21 bits per heavy atom. The van der Waals surface area contributed by atoms with Crippen LogP contribution < -0.4 is 10.3 Å². The first kappa shape index (κ1) is 19.5. The summed E-state index contributed by atoms with van der Waals surface area (Å²) in [5.41, 5.74) is 6.52. The summed E-state index contributed by atoms with van der Waals surface area (Å²) in [6, 6.07) is 14.6. The first-order valence-corrected chi connectivity index (χ1v) is 9.83. The van der Waals surface area contributed by atoms with Crippen LogP contribution >= 0.6 is 11.3 Å². The topological polar surface area (TPSA) is 83.7 Å². The number of nitro groups is 1. The van der Waals surface area contributed by atoms with Gasteiger partial charge in [0.05, 0.1) is 16.8 Å². The van der Waals surface area contributed by atoms with Gasteiger partial charge < -0.3 is 4.90 Å². The third kappa shape index (κ3) is 4.72. The molecule has 0 atom stereocenters. The van der Waals surface area contributed by atoms with Gasteiger partial charge in [-0.1, -0.05) is 24.3 Å². The van der Waals surface area contributed by atoms with Crippen LogP contribution in [0, 0.1) is 10.1 Å². The Balaban J connectivity index is 1.64. The summed E-state index contributed by atoms with van der Waals surface area (Å²) in [5.74, 6) is 0. The van der Waals surface area contributed by atoms with Crippen molar-refractivity contribution in [1.29, 1.82) is 0 Å². The molecule has 0 bridgehead atoms. The van der Waals surface area contributed by atoms with Crippen LogP contribution in [-0.4, -0.2) is 29.2 Å². The molecule has 1 aromatic heterocycles. The van der Waals surface area contributed by atoms with E-state index >= 15 is 0 Å². The Morgan fingerprint density at radius 3 is 2.64 bits per heavy atom. The minimum absolute atomic E-state index is 0.0474. The zero-order valence-corrected chi connectivity index (χ0v) is 16.5. The second-order valence-corrected chi connectivity index (χ2v) is 6.84. The molecular formula is C20H21N5O2S. The maximum Gasteiger partial charge on any atom is 0.270 e. The van der Waals surface area contributed by atoms with Crippen molar-refractivity contribution in [3.05, 3.63) is 69.6 Å². The number of anilines is 2. The molecule has 144 valence electrons. The number of non-ortho nitro benzene ring substituents is 1. The van der Waals surface area contributed by atoms with E-state index in [9.17, 15) is 10.1 Å². The van der Waals surface area contributed by atoms with E-state index < -0.39 is 4.92 Å². The zero-order valence-electron chi connectivity index (χ0n) is 15.7. The second-order valence-electron chi connectivity index (χ2n) is 5.98. The number of benzene rings is 2. The molecule has 0 saturated heterocycles. The van der Waals surface area contributed by atoms with E-state index in [1.54, 1.807) is 18.3 Å². The van der Waals surface area contributed by atoms with Crippen molar-refractivity contribution >= 4 is 34.1 Å². The maximum atomic E-state index is 10.9. The molecule has 8 heteroatoms. The molecule has 7 nitrogen and oxygen atoms in total. The smallest absolute Gasteiger partial charge is 0.270 e. The highest BCUT2D eigenvalue weighted by atomic mass is 32.1. The van der Waals surface area contributed by atoms with Gasteiger partial charge in [-0.3, -0.25) is 15.5 Å². The number of hydrogen-bond acceptors (Lipinski definition) is 7. The summed E-state index contributed by atoms with van der Waals surface area (Å²) in [6.07, 6.45) is 1.74. The van der Waals surface area contributed by atoms with Crippen LogP contribution in [0.1, 0.15) is 19.4 Å². The fourth-order valence-electron chi connectivity index (χ4n) is 2.76. The first-order valence-electron chi connectivity index (χ1n) is 8.95. The Bertz CT molecular complexity index is 965. The summed E-state index contributed by atoms with van der Waals surface area (Å²) < 4.78 is 0. The van der Waals surface area contributed by atoms with E-state index in [0.29, 0.717) is 16.4 Å². The molecule has 28 heavy (non-hydrogen) atoms. The van der Waals surface area contributed by atoms with Crippen LogP contribution in [0.4, 0.5) is 16.5 Å². The number of aromatic nitrogens is 1. The highest BCUT2D eigenvalue weighted by Gasteiger charge is 2.09. The Kier molecular flexibility index (Phi) is 6.33. The number of nitrogens with one attached hydrogen (secondary N) is 1. The number of hydrogen-bond donors (Lipinski definition) is 1. The lowest BCUT2D eigenvalue weighted by Gasteiger charge is -2.20. The van der Waals surface area contributed by atoms with Crippen molar-refractivity contribution in [3.8, 4) is 11.3 Å². The van der Waals surface area contributed by atoms with E-state index in [4.69, 9.17) is 0 Å². The molecule has 0 aliphatic rings. The van der Waals surface area contributed by atoms with E-state index in [-0.39, 0.29) is 5.69 Å². The first-order chi connectivity index (χ1) is 13.6. The SMILES string of the molecule is CCN(CC)c1ccc(C=NNc2nc(-c3cccc([N+](=O)[O-])c3)cs2)cc1. The van der Waals surface area contributed by atoms with E-state index in [2.05, 4.69) is 46.4 Å². The molecule has 1 N–H and O–H groups in total. The van der Waals surface area contributed by atoms with Gasteiger partial charge in [0.15, 0.2) is 0 Å². The number of rotatable bonds is 8. The van der Waals surface area contributed by atoms with Gasteiger partial charge >= 0.3 is 0 Å². The van der Waals surface area contributed by atoms with Crippen LogP contribution in [0.2, 0.25) is 0 Å². The fraction of sp³-hybridized carbons (Fsp3) is 0.200. The van der Waals surface area contributed by atoms with Crippen LogP contribution in [0.3, 0.4) is 0 Å². The summed E-state index contributed by atoms with van der Waals surface area (Å²) in [5, 5.41) is 17.6. The summed E-state index contributed by atoms with van der Waals surface area (Å²) in [7, 11) is 0. The molecule has 0 saturated carbocycles. The van der Waals surface area contributed by atoms with Crippen molar-refractivity contribution < 1.29 is 4.92 Å². The largest absolute Gasteiger partial charge is 0.372 e. The van der Waals surface area contributed by atoms with Gasteiger partial charge in [0.1, 0.15) is 0 Å². The number of nitro benzene ring substituents is 1. The molecule has 0 amide bonds. The van der Waals surface area contributed by atoms with Crippen molar-refractivity contribution in [1.82, 2.24) is 4.98 Å². The van der Waals surface area contributed by atoms with Crippen molar-refractivity contribution in [2.24, 2.45) is 5.10 Å². The molecule has 0 spiro atoms. The second kappa shape index (κ2) is 9.09. The van der Waals surface area contributed by atoms with E-state index in [1.807, 2.05) is 17.5 Å². The van der Waals surface area contributed by atoms with Gasteiger partial charge in [0.25, 0.3) is 5.69 Å². The molecule has 0 fully saturated rings. The Hall–Kier alpha value is -3.26. The van der Waals surface area contributed by atoms with Crippen molar-refractivity contribution in [3.63, 3.8) is 0 Å². The summed E-state index contributed by atoms with van der Waals surface area (Å²) >= 11 is 1.39. The average Bonchev–Trinajstić information content (AvgIpc) is 3.19. The monoisotopic (exact) mass is 395 g/mol. The standard InChI is InChI=1S/C20H21N5O2S/c1-3-24(4-2)17-10-8-15(9-11-17)13-21-23-20-22-19(14-28-20)16-6-5-7-18(12-16)25(26)27/h5-14H,3-4H2,1-2H3,(H,22,23). The minimum atomic E-state index is -0.412. The lowest BCUT2D eigenvalue weighted by atomic mass is 10.1. The highest BCUT2D eigenvalue weighted by molar-refractivity contribution is 7.14. The van der Waals surface area contributed by atoms with Gasteiger partial charge in [-0.15, -0.1) is 11.3 Å². The highest BCUT2D eigenvalue weighted by Crippen LogP contribution is 2.27. The van der Waals surface area contributed by atoms with Gasteiger partial charge in [-0.2, -0.15) is 5.10 Å². The third-order valence-electron chi connectivity index (χ3n) is 4.25. The normalized spacial score (nSPS) is 10.9. The lowest BCUT2D eigenvalue weighted by molar-refractivity contribution is -0.384. The van der Waals surface area contributed by atoms with Gasteiger partial charge in [0.2, 0.25) is 5.13 Å². The summed E-state index contributed by atoms with van der Waals surface area (Å²) in [4.78, 5) is 17.2. The number of thiazole rings is 1. The van der Waals surface area contributed by atoms with Crippen LogP contribution in [0.5, 0.6) is 0 Å². The number of nitrogens with zero attached hydrogens (tertiary/aromatic N) is 4. The molecule has 3 rings (SSSR count). The molecule has 0 unspecified atom stereocenters. The Labute approximate surface area is 167 Å². The van der Waals surface area contributed by atoms with Crippen LogP contribution in [-0.2, 0) is 0 Å². The minimum Gasteiger partial charge on any atom is -0.372 e. The lowest BCUT2D eigenvalue weighted by Crippen LogP contribution is -2.21. The van der Waals surface area contributed by atoms with E-state index in [1.165, 1.54) is 29.2 Å². The third-order valence-corrected chi connectivity index (χ3v) is 5.00.